The second kappa shape index (κ2) is 4.28. The molecule has 1 aromatic heterocycles. The fourth-order valence-corrected chi connectivity index (χ4v) is 2.45. The second-order valence-corrected chi connectivity index (χ2v) is 4.28. The van der Waals surface area contributed by atoms with Gasteiger partial charge in [0.15, 0.2) is 0 Å². The van der Waals surface area contributed by atoms with Crippen LogP contribution in [0, 0.1) is 0 Å². The molecule has 8 heteroatoms. The van der Waals surface area contributed by atoms with Crippen LogP contribution >= 0.6 is 0 Å². The van der Waals surface area contributed by atoms with Gasteiger partial charge in [-0.1, -0.05) is 6.92 Å². The van der Waals surface area contributed by atoms with E-state index in [0.717, 1.165) is 0 Å². The summed E-state index contributed by atoms with van der Waals surface area (Å²) in [5.41, 5.74) is -2.49. The summed E-state index contributed by atoms with van der Waals surface area (Å²) in [6.45, 7) is 2.19. The maximum atomic E-state index is 11.7. The van der Waals surface area contributed by atoms with E-state index in [2.05, 4.69) is 15.2 Å². The molecule has 3 N–H and O–H groups in total. The Bertz CT molecular complexity index is 578. The van der Waals surface area contributed by atoms with Crippen LogP contribution < -0.4 is 16.1 Å². The SMILES string of the molecule is CCC1(C(=O)O)CCCN1c1n[nH]c(=O)[nH]c1=O. The van der Waals surface area contributed by atoms with Crippen LogP contribution in [0.1, 0.15) is 26.2 Å². The summed E-state index contributed by atoms with van der Waals surface area (Å²) in [5, 5.41) is 15.2. The molecule has 0 radical (unpaired) electrons. The molecule has 2 rings (SSSR count). The minimum absolute atomic E-state index is 0.0450. The van der Waals surface area contributed by atoms with Crippen LogP contribution in [-0.4, -0.2) is 38.3 Å². The number of carboxylic acids is 1. The van der Waals surface area contributed by atoms with E-state index in [1.165, 1.54) is 4.90 Å². The lowest BCUT2D eigenvalue weighted by Gasteiger charge is -2.33. The number of aliphatic carboxylic acids is 1. The van der Waals surface area contributed by atoms with Crippen molar-refractivity contribution in [3.63, 3.8) is 0 Å². The molecule has 1 aromatic rings. The summed E-state index contributed by atoms with van der Waals surface area (Å²) in [6, 6.07) is 0. The van der Waals surface area contributed by atoms with Gasteiger partial charge in [0.25, 0.3) is 5.56 Å². The number of anilines is 1. The summed E-state index contributed by atoms with van der Waals surface area (Å²) >= 11 is 0. The van der Waals surface area contributed by atoms with E-state index in [0.29, 0.717) is 25.8 Å². The smallest absolute Gasteiger partial charge is 0.342 e. The molecular weight excluding hydrogens is 240 g/mol. The number of aromatic amines is 2. The van der Waals surface area contributed by atoms with Crippen LogP contribution in [0.5, 0.6) is 0 Å². The molecule has 98 valence electrons. The van der Waals surface area contributed by atoms with Crippen molar-refractivity contribution in [2.75, 3.05) is 11.4 Å². The van der Waals surface area contributed by atoms with Gasteiger partial charge in [-0.2, -0.15) is 0 Å². The minimum atomic E-state index is -1.11. The topological polar surface area (TPSA) is 119 Å². The highest BCUT2D eigenvalue weighted by molar-refractivity contribution is 5.83. The Labute approximate surface area is 102 Å². The van der Waals surface area contributed by atoms with E-state index in [9.17, 15) is 19.5 Å². The molecular formula is C10H14N4O4. The van der Waals surface area contributed by atoms with Crippen LogP contribution in [-0.2, 0) is 4.79 Å². The van der Waals surface area contributed by atoms with Crippen molar-refractivity contribution in [1.29, 1.82) is 0 Å². The quantitative estimate of drug-likeness (QED) is 0.655. The molecule has 18 heavy (non-hydrogen) atoms. The Morgan fingerprint density at radius 2 is 2.28 bits per heavy atom. The molecule has 0 aliphatic carbocycles. The van der Waals surface area contributed by atoms with Crippen molar-refractivity contribution >= 4 is 11.8 Å². The van der Waals surface area contributed by atoms with Crippen molar-refractivity contribution < 1.29 is 9.90 Å². The largest absolute Gasteiger partial charge is 0.479 e. The Balaban J connectivity index is 2.52. The van der Waals surface area contributed by atoms with Crippen LogP contribution in [0.3, 0.4) is 0 Å². The van der Waals surface area contributed by atoms with Crippen LogP contribution in [0.15, 0.2) is 9.59 Å². The monoisotopic (exact) mass is 254 g/mol. The number of rotatable bonds is 3. The van der Waals surface area contributed by atoms with Gasteiger partial charge >= 0.3 is 11.7 Å². The van der Waals surface area contributed by atoms with Crippen molar-refractivity contribution in [2.24, 2.45) is 0 Å². The maximum Gasteiger partial charge on any atom is 0.342 e. The first-order chi connectivity index (χ1) is 8.51. The summed E-state index contributed by atoms with van der Waals surface area (Å²) in [7, 11) is 0. The molecule has 0 amide bonds. The van der Waals surface area contributed by atoms with Gasteiger partial charge < -0.3 is 10.0 Å². The van der Waals surface area contributed by atoms with Gasteiger partial charge in [0, 0.05) is 6.54 Å². The zero-order valence-electron chi connectivity index (χ0n) is 9.89. The molecule has 0 bridgehead atoms. The van der Waals surface area contributed by atoms with Gasteiger partial charge in [-0.25, -0.2) is 14.7 Å². The first-order valence-corrected chi connectivity index (χ1v) is 5.71. The molecule has 1 aliphatic rings. The fraction of sp³-hybridized carbons (Fsp3) is 0.600. The first-order valence-electron chi connectivity index (χ1n) is 5.71. The molecule has 0 saturated carbocycles. The normalized spacial score (nSPS) is 23.3. The first kappa shape index (κ1) is 12.3. The second-order valence-electron chi connectivity index (χ2n) is 4.28. The van der Waals surface area contributed by atoms with E-state index in [4.69, 9.17) is 0 Å². The number of H-pyrrole nitrogens is 2. The number of aromatic nitrogens is 3. The summed E-state index contributed by atoms with van der Waals surface area (Å²) < 4.78 is 0. The molecule has 1 unspecified atom stereocenters. The lowest BCUT2D eigenvalue weighted by atomic mass is 9.93. The summed E-state index contributed by atoms with van der Waals surface area (Å²) in [6.07, 6.45) is 1.49. The summed E-state index contributed by atoms with van der Waals surface area (Å²) in [5.74, 6) is -1.02. The number of carbonyl (C=O) groups is 1. The molecule has 1 fully saturated rings. The highest BCUT2D eigenvalue weighted by atomic mass is 16.4. The highest BCUT2D eigenvalue weighted by Gasteiger charge is 2.47. The van der Waals surface area contributed by atoms with E-state index >= 15 is 0 Å². The van der Waals surface area contributed by atoms with Crippen LogP contribution in [0.25, 0.3) is 0 Å². The molecule has 1 saturated heterocycles. The lowest BCUT2D eigenvalue weighted by molar-refractivity contribution is -0.143. The Morgan fingerprint density at radius 3 is 2.83 bits per heavy atom. The fourth-order valence-electron chi connectivity index (χ4n) is 2.45. The Morgan fingerprint density at radius 1 is 1.56 bits per heavy atom. The van der Waals surface area contributed by atoms with Crippen molar-refractivity contribution in [3.05, 3.63) is 20.8 Å². The molecule has 1 aliphatic heterocycles. The van der Waals surface area contributed by atoms with E-state index in [-0.39, 0.29) is 5.82 Å². The standard InChI is InChI=1S/C10H14N4O4/c1-2-10(8(16)17)4-3-5-14(10)6-7(15)11-9(18)13-12-6/h2-5H2,1H3,(H,16,17)(H2,11,13,15,18). The number of carboxylic acid groups (broad SMARTS) is 1. The van der Waals surface area contributed by atoms with Crippen molar-refractivity contribution in [2.45, 2.75) is 31.7 Å². The average molecular weight is 254 g/mol. The predicted octanol–water partition coefficient (Wildman–Crippen LogP) is -0.708. The third-order valence-electron chi connectivity index (χ3n) is 3.42. The van der Waals surface area contributed by atoms with E-state index in [1.54, 1.807) is 6.92 Å². The number of nitrogens with zero attached hydrogens (tertiary/aromatic N) is 2. The van der Waals surface area contributed by atoms with Gasteiger partial charge in [-0.15, -0.1) is 5.10 Å². The zero-order chi connectivity index (χ0) is 13.3. The molecule has 8 nitrogen and oxygen atoms in total. The van der Waals surface area contributed by atoms with Crippen LogP contribution in [0.4, 0.5) is 5.82 Å². The number of nitrogens with one attached hydrogen (secondary N) is 2. The molecule has 1 atom stereocenters. The van der Waals surface area contributed by atoms with Gasteiger partial charge in [0.1, 0.15) is 5.54 Å². The highest BCUT2D eigenvalue weighted by Crippen LogP contribution is 2.34. The average Bonchev–Trinajstić information content (AvgIpc) is 2.73. The van der Waals surface area contributed by atoms with Gasteiger partial charge in [-0.3, -0.25) is 9.78 Å². The van der Waals surface area contributed by atoms with Crippen molar-refractivity contribution in [3.8, 4) is 0 Å². The third-order valence-corrected chi connectivity index (χ3v) is 3.42. The van der Waals surface area contributed by atoms with Crippen LogP contribution in [0.2, 0.25) is 0 Å². The number of hydrogen-bond donors (Lipinski definition) is 3. The van der Waals surface area contributed by atoms with E-state index < -0.39 is 22.8 Å². The molecule has 0 spiro atoms. The zero-order valence-corrected chi connectivity index (χ0v) is 9.89. The third kappa shape index (κ3) is 1.69. The lowest BCUT2D eigenvalue weighted by Crippen LogP contribution is -2.52. The van der Waals surface area contributed by atoms with Gasteiger partial charge in [0.05, 0.1) is 0 Å². The van der Waals surface area contributed by atoms with Gasteiger partial charge in [-0.05, 0) is 19.3 Å². The van der Waals surface area contributed by atoms with Crippen molar-refractivity contribution in [1.82, 2.24) is 15.2 Å². The van der Waals surface area contributed by atoms with Gasteiger partial charge in [0.2, 0.25) is 5.82 Å². The summed E-state index contributed by atoms with van der Waals surface area (Å²) in [4.78, 5) is 37.6. The molecule has 2 heterocycles. The number of hydrogen-bond acceptors (Lipinski definition) is 5. The Hall–Kier alpha value is -2.12. The Kier molecular flexibility index (Phi) is 2.93. The minimum Gasteiger partial charge on any atom is -0.479 e. The molecule has 0 aromatic carbocycles. The van der Waals surface area contributed by atoms with E-state index in [1.807, 2.05) is 0 Å². The predicted molar refractivity (Wildman–Crippen MR) is 62.7 cm³/mol. The maximum absolute atomic E-state index is 11.7.